The second-order valence-corrected chi connectivity index (χ2v) is 2.52. The van der Waals surface area contributed by atoms with E-state index in [2.05, 4.69) is 11.8 Å². The van der Waals surface area contributed by atoms with Gasteiger partial charge in [-0.05, 0) is 18.2 Å². The maximum Gasteiger partial charge on any atom is 0.131 e. The smallest absolute Gasteiger partial charge is 0.131 e. The van der Waals surface area contributed by atoms with Gasteiger partial charge >= 0.3 is 0 Å². The quantitative estimate of drug-likeness (QED) is 0.528. The van der Waals surface area contributed by atoms with Gasteiger partial charge in [-0.1, -0.05) is 11.8 Å². The lowest BCUT2D eigenvalue weighted by molar-refractivity contribution is -0.107. The first-order chi connectivity index (χ1) is 6.77. The van der Waals surface area contributed by atoms with E-state index in [4.69, 9.17) is 5.26 Å². The Morgan fingerprint density at radius 3 is 2.93 bits per heavy atom. The standard InChI is InChI=1S/C11H7NO2/c12-8-9-4-5-11(14)10(7-9)3-1-2-6-13/h4-7,14H,2H2. The minimum absolute atomic E-state index is 0.0161. The number of carbonyl (C=O) groups excluding carboxylic acids is 1. The fraction of sp³-hybridized carbons (Fsp3) is 0.0909. The van der Waals surface area contributed by atoms with E-state index in [9.17, 15) is 9.90 Å². The number of benzene rings is 1. The Hall–Kier alpha value is -2.26. The SMILES string of the molecule is N#Cc1ccc(O)c(C#CCC=O)c1. The van der Waals surface area contributed by atoms with Gasteiger partial charge in [-0.25, -0.2) is 0 Å². The third-order valence-corrected chi connectivity index (χ3v) is 1.53. The van der Waals surface area contributed by atoms with E-state index in [0.29, 0.717) is 17.4 Å². The highest BCUT2D eigenvalue weighted by atomic mass is 16.3. The number of aldehydes is 1. The Kier molecular flexibility index (Phi) is 3.29. The summed E-state index contributed by atoms with van der Waals surface area (Å²) in [6, 6.07) is 6.32. The average molecular weight is 185 g/mol. The van der Waals surface area contributed by atoms with E-state index >= 15 is 0 Å². The molecule has 0 amide bonds. The largest absolute Gasteiger partial charge is 0.507 e. The molecule has 0 fully saturated rings. The second kappa shape index (κ2) is 4.69. The zero-order valence-electron chi connectivity index (χ0n) is 7.32. The van der Waals surface area contributed by atoms with Gasteiger partial charge in [0.2, 0.25) is 0 Å². The molecule has 0 bridgehead atoms. The van der Waals surface area contributed by atoms with Crippen molar-refractivity contribution in [3.63, 3.8) is 0 Å². The maximum atomic E-state index is 9.99. The fourth-order valence-corrected chi connectivity index (χ4v) is 0.894. The molecule has 14 heavy (non-hydrogen) atoms. The molecule has 0 aliphatic heterocycles. The molecule has 0 heterocycles. The summed E-state index contributed by atoms with van der Waals surface area (Å²) in [5, 5.41) is 17.9. The lowest BCUT2D eigenvalue weighted by atomic mass is 10.1. The molecule has 68 valence electrons. The minimum Gasteiger partial charge on any atom is -0.507 e. The van der Waals surface area contributed by atoms with Crippen LogP contribution in [-0.4, -0.2) is 11.4 Å². The van der Waals surface area contributed by atoms with Crippen molar-refractivity contribution in [3.8, 4) is 23.7 Å². The summed E-state index contributed by atoms with van der Waals surface area (Å²) in [4.78, 5) is 9.99. The number of hydrogen-bond acceptors (Lipinski definition) is 3. The fourth-order valence-electron chi connectivity index (χ4n) is 0.894. The first-order valence-electron chi connectivity index (χ1n) is 3.93. The van der Waals surface area contributed by atoms with E-state index < -0.39 is 0 Å². The van der Waals surface area contributed by atoms with Crippen molar-refractivity contribution in [1.82, 2.24) is 0 Å². The first kappa shape index (κ1) is 9.83. The van der Waals surface area contributed by atoms with Crippen LogP contribution in [0.4, 0.5) is 0 Å². The summed E-state index contributed by atoms with van der Waals surface area (Å²) in [6.07, 6.45) is 0.800. The highest BCUT2D eigenvalue weighted by Gasteiger charge is 1.98. The van der Waals surface area contributed by atoms with Gasteiger partial charge in [-0.15, -0.1) is 0 Å². The Balaban J connectivity index is 3.03. The molecule has 0 aromatic heterocycles. The molecule has 0 aliphatic carbocycles. The van der Waals surface area contributed by atoms with Gasteiger partial charge < -0.3 is 9.90 Å². The van der Waals surface area contributed by atoms with E-state index in [0.717, 1.165) is 0 Å². The Morgan fingerprint density at radius 1 is 1.50 bits per heavy atom. The van der Waals surface area contributed by atoms with Crippen LogP contribution in [0.15, 0.2) is 18.2 Å². The number of hydrogen-bond donors (Lipinski definition) is 1. The van der Waals surface area contributed by atoms with Crippen molar-refractivity contribution in [2.75, 3.05) is 0 Å². The number of aromatic hydroxyl groups is 1. The van der Waals surface area contributed by atoms with Crippen molar-refractivity contribution in [2.45, 2.75) is 6.42 Å². The molecular weight excluding hydrogens is 178 g/mol. The summed E-state index contributed by atoms with van der Waals surface area (Å²) in [5.74, 6) is 5.18. The van der Waals surface area contributed by atoms with Crippen LogP contribution in [0.3, 0.4) is 0 Å². The highest BCUT2D eigenvalue weighted by molar-refractivity contribution is 5.56. The van der Waals surface area contributed by atoms with Crippen LogP contribution in [0, 0.1) is 23.2 Å². The Labute approximate surface area is 81.6 Å². The number of rotatable bonds is 1. The van der Waals surface area contributed by atoms with Gasteiger partial charge in [0.05, 0.1) is 23.6 Å². The monoisotopic (exact) mass is 185 g/mol. The molecule has 1 aromatic rings. The summed E-state index contributed by atoms with van der Waals surface area (Å²) in [5.41, 5.74) is 0.795. The van der Waals surface area contributed by atoms with Gasteiger partial charge in [0, 0.05) is 0 Å². The molecule has 1 rings (SSSR count). The molecule has 0 unspecified atom stereocenters. The number of phenols is 1. The van der Waals surface area contributed by atoms with E-state index in [1.165, 1.54) is 18.2 Å². The lowest BCUT2D eigenvalue weighted by Crippen LogP contribution is -1.80. The third kappa shape index (κ3) is 2.36. The minimum atomic E-state index is 0.0161. The summed E-state index contributed by atoms with van der Waals surface area (Å²) in [7, 11) is 0. The second-order valence-electron chi connectivity index (χ2n) is 2.52. The van der Waals surface area contributed by atoms with Crippen LogP contribution < -0.4 is 0 Å². The van der Waals surface area contributed by atoms with Gasteiger partial charge in [0.1, 0.15) is 12.0 Å². The number of carbonyl (C=O) groups is 1. The summed E-state index contributed by atoms with van der Waals surface area (Å²) >= 11 is 0. The van der Waals surface area contributed by atoms with Crippen molar-refractivity contribution in [2.24, 2.45) is 0 Å². The summed E-state index contributed by atoms with van der Waals surface area (Å²) < 4.78 is 0. The number of nitrogens with zero attached hydrogens (tertiary/aromatic N) is 1. The van der Waals surface area contributed by atoms with Crippen LogP contribution in [0.5, 0.6) is 5.75 Å². The summed E-state index contributed by atoms with van der Waals surface area (Å²) in [6.45, 7) is 0. The van der Waals surface area contributed by atoms with Crippen LogP contribution in [0.25, 0.3) is 0 Å². The zero-order valence-corrected chi connectivity index (χ0v) is 7.32. The van der Waals surface area contributed by atoms with E-state index in [-0.39, 0.29) is 12.2 Å². The molecule has 0 aliphatic rings. The lowest BCUT2D eigenvalue weighted by Gasteiger charge is -1.95. The first-order valence-corrected chi connectivity index (χ1v) is 3.93. The van der Waals surface area contributed by atoms with Crippen LogP contribution >= 0.6 is 0 Å². The topological polar surface area (TPSA) is 61.1 Å². The van der Waals surface area contributed by atoms with Gasteiger partial charge in [-0.3, -0.25) is 0 Å². The molecule has 3 heteroatoms. The van der Waals surface area contributed by atoms with Crippen molar-refractivity contribution < 1.29 is 9.90 Å². The van der Waals surface area contributed by atoms with Crippen LogP contribution in [-0.2, 0) is 4.79 Å². The molecule has 0 spiro atoms. The van der Waals surface area contributed by atoms with Gasteiger partial charge in [0.15, 0.2) is 0 Å². The highest BCUT2D eigenvalue weighted by Crippen LogP contribution is 2.16. The number of nitriles is 1. The van der Waals surface area contributed by atoms with Crippen molar-refractivity contribution in [3.05, 3.63) is 29.3 Å². The molecule has 3 nitrogen and oxygen atoms in total. The van der Waals surface area contributed by atoms with E-state index in [1.54, 1.807) is 0 Å². The third-order valence-electron chi connectivity index (χ3n) is 1.53. The Morgan fingerprint density at radius 2 is 2.29 bits per heavy atom. The normalized spacial score (nSPS) is 8.21. The molecule has 1 aromatic carbocycles. The molecular formula is C11H7NO2. The van der Waals surface area contributed by atoms with Crippen LogP contribution in [0.1, 0.15) is 17.5 Å². The molecule has 0 saturated carbocycles. The van der Waals surface area contributed by atoms with Crippen molar-refractivity contribution in [1.29, 1.82) is 5.26 Å². The molecule has 0 radical (unpaired) electrons. The Bertz CT molecular complexity index is 447. The predicted molar refractivity (Wildman–Crippen MR) is 50.4 cm³/mol. The maximum absolute atomic E-state index is 9.99. The average Bonchev–Trinajstić information content (AvgIpc) is 2.21. The van der Waals surface area contributed by atoms with Crippen molar-refractivity contribution >= 4 is 6.29 Å². The van der Waals surface area contributed by atoms with Gasteiger partial charge in [0.25, 0.3) is 0 Å². The molecule has 0 atom stereocenters. The molecule has 0 saturated heterocycles. The zero-order chi connectivity index (χ0) is 10.4. The molecule has 1 N–H and O–H groups in total. The van der Waals surface area contributed by atoms with Crippen LogP contribution in [0.2, 0.25) is 0 Å². The van der Waals surface area contributed by atoms with Gasteiger partial charge in [-0.2, -0.15) is 5.26 Å². The number of phenolic OH excluding ortho intramolecular Hbond substituents is 1. The predicted octanol–water partition coefficient (Wildman–Crippen LogP) is 1.20. The van der Waals surface area contributed by atoms with E-state index in [1.807, 2.05) is 6.07 Å².